The molecular weight excluding hydrogens is 332 g/mol. The van der Waals surface area contributed by atoms with Crippen LogP contribution >= 0.6 is 0 Å². The third-order valence-electron chi connectivity index (χ3n) is 5.43. The van der Waals surface area contributed by atoms with Gasteiger partial charge in [-0.3, -0.25) is 4.79 Å². The molecule has 26 heavy (non-hydrogen) atoms. The highest BCUT2D eigenvalue weighted by Gasteiger charge is 2.36. The number of nitrogens with zero attached hydrogens (tertiary/aromatic N) is 1. The van der Waals surface area contributed by atoms with Crippen LogP contribution in [0.5, 0.6) is 0 Å². The van der Waals surface area contributed by atoms with Crippen LogP contribution in [0.4, 0.5) is 0 Å². The fourth-order valence-corrected chi connectivity index (χ4v) is 4.16. The van der Waals surface area contributed by atoms with Gasteiger partial charge < -0.3 is 19.6 Å². The van der Waals surface area contributed by atoms with Crippen molar-refractivity contribution >= 4 is 17.1 Å². The molecule has 1 aromatic heterocycles. The van der Waals surface area contributed by atoms with E-state index in [2.05, 4.69) is 11.1 Å². The van der Waals surface area contributed by atoms with Gasteiger partial charge in [-0.05, 0) is 37.8 Å². The van der Waals surface area contributed by atoms with Gasteiger partial charge in [0.25, 0.3) is 0 Å². The molecule has 6 nitrogen and oxygen atoms in total. The number of carbonyl (C=O) groups is 1. The molecule has 0 aromatic carbocycles. The van der Waals surface area contributed by atoms with Gasteiger partial charge in [0.15, 0.2) is 0 Å². The number of fused-ring (bicyclic) bond motifs is 3. The molecule has 2 heterocycles. The maximum Gasteiger partial charge on any atom is 0.308 e. The highest BCUT2D eigenvalue weighted by atomic mass is 16.5. The molecule has 0 amide bonds. The molecule has 1 aliphatic heterocycles. The maximum absolute atomic E-state index is 11.9. The minimum atomic E-state index is -1.00. The summed E-state index contributed by atoms with van der Waals surface area (Å²) in [5, 5.41) is 22.5. The van der Waals surface area contributed by atoms with Gasteiger partial charge >= 0.3 is 5.97 Å². The lowest BCUT2D eigenvalue weighted by molar-refractivity contribution is -0.146. The third kappa shape index (κ3) is 3.06. The lowest BCUT2D eigenvalue weighted by atomic mass is 9.79. The van der Waals surface area contributed by atoms with Crippen LogP contribution in [0.1, 0.15) is 63.8 Å². The summed E-state index contributed by atoms with van der Waals surface area (Å²) in [4.78, 5) is 15.3. The SMILES string of the molecule is CCCC1(O)CC(C#N)=c2c3c([nH]c2=C1C)C(CC(=O)OCC)OCC3. The number of carbonyl (C=O) groups excluding carboxylic acids is 1. The highest BCUT2D eigenvalue weighted by molar-refractivity contribution is 5.72. The Morgan fingerprint density at radius 3 is 2.92 bits per heavy atom. The van der Waals surface area contributed by atoms with E-state index in [1.54, 1.807) is 6.92 Å². The Bertz CT molecular complexity index is 877. The minimum absolute atomic E-state index is 0.139. The lowest BCUT2D eigenvalue weighted by Gasteiger charge is -2.31. The van der Waals surface area contributed by atoms with Crippen molar-refractivity contribution < 1.29 is 19.4 Å². The number of aliphatic hydroxyl groups is 1. The van der Waals surface area contributed by atoms with Crippen molar-refractivity contribution in [2.75, 3.05) is 13.2 Å². The van der Waals surface area contributed by atoms with Crippen LogP contribution in [0.2, 0.25) is 0 Å². The molecule has 0 radical (unpaired) electrons. The van der Waals surface area contributed by atoms with Crippen molar-refractivity contribution in [1.82, 2.24) is 4.98 Å². The number of aromatic nitrogens is 1. The van der Waals surface area contributed by atoms with Crippen molar-refractivity contribution in [3.63, 3.8) is 0 Å². The summed E-state index contributed by atoms with van der Waals surface area (Å²) in [5.74, 6) is -0.300. The van der Waals surface area contributed by atoms with E-state index in [-0.39, 0.29) is 12.4 Å². The van der Waals surface area contributed by atoms with Gasteiger partial charge in [-0.15, -0.1) is 0 Å². The average molecular weight is 358 g/mol. The topological polar surface area (TPSA) is 95.3 Å². The molecule has 140 valence electrons. The Morgan fingerprint density at radius 2 is 2.27 bits per heavy atom. The van der Waals surface area contributed by atoms with Crippen LogP contribution in [-0.4, -0.2) is 34.9 Å². The fourth-order valence-electron chi connectivity index (χ4n) is 4.16. The molecule has 2 atom stereocenters. The van der Waals surface area contributed by atoms with Gasteiger partial charge in [0.2, 0.25) is 0 Å². The first-order chi connectivity index (χ1) is 12.4. The standard InChI is InChI=1S/C20H26N2O4/c1-4-7-20(24)10-13(11-21)17-14-6-8-26-15(9-16(23)25-5-2)19(14)22-18(17)12(20)3/h15,22,24H,4-10H2,1-3H3. The van der Waals surface area contributed by atoms with Crippen molar-refractivity contribution in [2.24, 2.45) is 0 Å². The lowest BCUT2D eigenvalue weighted by Crippen LogP contribution is -2.44. The van der Waals surface area contributed by atoms with E-state index < -0.39 is 11.7 Å². The van der Waals surface area contributed by atoms with Crippen LogP contribution in [0, 0.1) is 11.3 Å². The highest BCUT2D eigenvalue weighted by Crippen LogP contribution is 2.33. The molecule has 1 aliphatic carbocycles. The Labute approximate surface area is 153 Å². The predicted octanol–water partition coefficient (Wildman–Crippen LogP) is 1.36. The zero-order chi connectivity index (χ0) is 18.9. The molecule has 0 saturated heterocycles. The van der Waals surface area contributed by atoms with E-state index in [0.29, 0.717) is 38.0 Å². The molecule has 0 saturated carbocycles. The molecule has 2 unspecified atom stereocenters. The van der Waals surface area contributed by atoms with E-state index in [1.807, 2.05) is 13.8 Å². The second kappa shape index (κ2) is 7.26. The van der Waals surface area contributed by atoms with E-state index in [9.17, 15) is 15.2 Å². The number of nitriles is 1. The monoisotopic (exact) mass is 358 g/mol. The molecule has 6 heteroatoms. The summed E-state index contributed by atoms with van der Waals surface area (Å²) >= 11 is 0. The Hall–Kier alpha value is -2.10. The summed E-state index contributed by atoms with van der Waals surface area (Å²) in [6.07, 6.45) is 2.19. The number of nitrogens with one attached hydrogen (secondary N) is 1. The van der Waals surface area contributed by atoms with E-state index in [0.717, 1.165) is 33.8 Å². The van der Waals surface area contributed by atoms with E-state index in [4.69, 9.17) is 9.47 Å². The van der Waals surface area contributed by atoms with Crippen LogP contribution < -0.4 is 10.6 Å². The first kappa shape index (κ1) is 18.7. The van der Waals surface area contributed by atoms with Crippen molar-refractivity contribution in [3.05, 3.63) is 21.8 Å². The molecule has 2 aliphatic rings. The Kier molecular flexibility index (Phi) is 5.22. The van der Waals surface area contributed by atoms with Crippen LogP contribution in [-0.2, 0) is 20.7 Å². The number of rotatable bonds is 5. The van der Waals surface area contributed by atoms with Crippen LogP contribution in [0.15, 0.2) is 0 Å². The van der Waals surface area contributed by atoms with Gasteiger partial charge in [0.05, 0.1) is 31.3 Å². The Morgan fingerprint density at radius 1 is 1.50 bits per heavy atom. The molecule has 3 rings (SSSR count). The molecule has 2 N–H and O–H groups in total. The summed E-state index contributed by atoms with van der Waals surface area (Å²) in [5.41, 5.74) is 2.34. The van der Waals surface area contributed by atoms with Gasteiger partial charge in [0, 0.05) is 28.3 Å². The molecular formula is C20H26N2O4. The molecule has 0 bridgehead atoms. The van der Waals surface area contributed by atoms with Gasteiger partial charge in [0.1, 0.15) is 6.10 Å². The van der Waals surface area contributed by atoms with Gasteiger partial charge in [-0.25, -0.2) is 0 Å². The maximum atomic E-state index is 11.9. The summed E-state index contributed by atoms with van der Waals surface area (Å²) in [6.45, 7) is 6.56. The van der Waals surface area contributed by atoms with E-state index in [1.165, 1.54) is 0 Å². The van der Waals surface area contributed by atoms with Gasteiger partial charge in [-0.1, -0.05) is 13.3 Å². The van der Waals surface area contributed by atoms with Crippen molar-refractivity contribution in [3.8, 4) is 6.07 Å². The number of aromatic amines is 1. The second-order valence-electron chi connectivity index (χ2n) is 7.06. The van der Waals surface area contributed by atoms with Crippen LogP contribution in [0.3, 0.4) is 0 Å². The number of hydrogen-bond acceptors (Lipinski definition) is 5. The summed E-state index contributed by atoms with van der Waals surface area (Å²) in [6, 6.07) is 2.30. The molecule has 0 spiro atoms. The van der Waals surface area contributed by atoms with Crippen LogP contribution in [0.25, 0.3) is 11.1 Å². The number of hydrogen-bond donors (Lipinski definition) is 2. The second-order valence-corrected chi connectivity index (χ2v) is 7.06. The number of esters is 1. The summed E-state index contributed by atoms with van der Waals surface area (Å²) in [7, 11) is 0. The fraction of sp³-hybridized carbons (Fsp3) is 0.600. The number of ether oxygens (including phenoxy) is 2. The normalized spacial score (nSPS) is 24.7. The quantitative estimate of drug-likeness (QED) is 0.775. The van der Waals surface area contributed by atoms with Gasteiger partial charge in [-0.2, -0.15) is 5.26 Å². The zero-order valence-corrected chi connectivity index (χ0v) is 15.6. The van der Waals surface area contributed by atoms with Crippen molar-refractivity contribution in [1.29, 1.82) is 5.26 Å². The summed E-state index contributed by atoms with van der Waals surface area (Å²) < 4.78 is 10.9. The van der Waals surface area contributed by atoms with Crippen molar-refractivity contribution in [2.45, 2.75) is 64.6 Å². The average Bonchev–Trinajstić information content (AvgIpc) is 3.00. The predicted molar refractivity (Wildman–Crippen MR) is 96.3 cm³/mol. The Balaban J connectivity index is 2.16. The third-order valence-corrected chi connectivity index (χ3v) is 5.43. The number of H-pyrrole nitrogens is 1. The smallest absolute Gasteiger partial charge is 0.308 e. The first-order valence-electron chi connectivity index (χ1n) is 9.30. The van der Waals surface area contributed by atoms with E-state index >= 15 is 0 Å². The minimum Gasteiger partial charge on any atom is -0.466 e. The molecule has 1 aromatic rings. The largest absolute Gasteiger partial charge is 0.466 e. The first-order valence-corrected chi connectivity index (χ1v) is 9.30. The molecule has 0 fully saturated rings. The zero-order valence-electron chi connectivity index (χ0n) is 15.6.